The predicted octanol–water partition coefficient (Wildman–Crippen LogP) is 3.38. The highest BCUT2D eigenvalue weighted by molar-refractivity contribution is 6.19. The maximum atomic E-state index is 5.84. The van der Waals surface area contributed by atoms with Gasteiger partial charge < -0.3 is 0 Å². The van der Waals surface area contributed by atoms with E-state index in [0.717, 1.165) is 23.6 Å². The Bertz CT molecular complexity index is 239. The van der Waals surface area contributed by atoms with Crippen LogP contribution in [-0.4, -0.2) is 5.88 Å². The van der Waals surface area contributed by atoms with E-state index in [0.29, 0.717) is 0 Å². The van der Waals surface area contributed by atoms with E-state index in [4.69, 9.17) is 11.6 Å². The molecule has 0 radical (unpaired) electrons. The first-order valence-corrected chi connectivity index (χ1v) is 5.17. The molecule has 1 saturated carbocycles. The summed E-state index contributed by atoms with van der Waals surface area (Å²) in [6.07, 6.45) is 5.03. The van der Waals surface area contributed by atoms with Crippen LogP contribution in [-0.2, 0) is 0 Å². The zero-order valence-electron chi connectivity index (χ0n) is 7.52. The van der Waals surface area contributed by atoms with Crippen molar-refractivity contribution in [1.29, 1.82) is 0 Å². The van der Waals surface area contributed by atoms with Crippen molar-refractivity contribution in [3.8, 4) is 0 Å². The fourth-order valence-corrected chi connectivity index (χ4v) is 3.00. The fourth-order valence-electron chi connectivity index (χ4n) is 2.69. The van der Waals surface area contributed by atoms with Crippen LogP contribution in [0.25, 0.3) is 0 Å². The number of rotatable bonds is 2. The minimum atomic E-state index is 0.740. The van der Waals surface area contributed by atoms with Crippen LogP contribution in [0.2, 0.25) is 0 Å². The lowest BCUT2D eigenvalue weighted by Crippen LogP contribution is -2.10. The van der Waals surface area contributed by atoms with Crippen LogP contribution in [0.15, 0.2) is 23.8 Å². The van der Waals surface area contributed by atoms with Gasteiger partial charge in [0.2, 0.25) is 0 Å². The molecule has 0 aliphatic heterocycles. The number of fused-ring (bicyclic) bond motifs is 2. The summed E-state index contributed by atoms with van der Waals surface area (Å²) in [6, 6.07) is 0. The van der Waals surface area contributed by atoms with Gasteiger partial charge in [-0.15, -0.1) is 11.6 Å². The third kappa shape index (κ3) is 1.13. The molecule has 0 aromatic carbocycles. The Morgan fingerprint density at radius 3 is 2.83 bits per heavy atom. The van der Waals surface area contributed by atoms with E-state index < -0.39 is 0 Å². The molecule has 0 N–H and O–H groups in total. The lowest BCUT2D eigenvalue weighted by Gasteiger charge is -2.20. The van der Waals surface area contributed by atoms with Crippen molar-refractivity contribution in [2.75, 3.05) is 5.88 Å². The van der Waals surface area contributed by atoms with Crippen molar-refractivity contribution in [3.05, 3.63) is 23.8 Å². The molecule has 12 heavy (non-hydrogen) atoms. The SMILES string of the molecule is C=C(C)C1CC2CC1C=C2CCl. The standard InChI is InChI=1S/C11H15Cl/c1-7(2)11-5-8-3-9(11)4-10(8)6-12/h4,8-9,11H,1,3,5-6H2,2H3. The molecule has 2 rings (SSSR count). The van der Waals surface area contributed by atoms with Crippen molar-refractivity contribution in [2.45, 2.75) is 19.8 Å². The summed E-state index contributed by atoms with van der Waals surface area (Å²) in [4.78, 5) is 0. The number of alkyl halides is 1. The Balaban J connectivity index is 2.15. The molecule has 0 saturated heterocycles. The third-order valence-corrected chi connectivity index (χ3v) is 3.66. The minimum Gasteiger partial charge on any atom is -0.122 e. The summed E-state index contributed by atoms with van der Waals surface area (Å²) in [5, 5.41) is 0. The van der Waals surface area contributed by atoms with Gasteiger partial charge in [-0.1, -0.05) is 23.8 Å². The lowest BCUT2D eigenvalue weighted by atomic mass is 9.86. The molecule has 2 aliphatic rings. The Morgan fingerprint density at radius 1 is 1.67 bits per heavy atom. The average molecular weight is 183 g/mol. The molecule has 0 spiro atoms. The first kappa shape index (κ1) is 8.37. The predicted molar refractivity (Wildman–Crippen MR) is 53.3 cm³/mol. The topological polar surface area (TPSA) is 0 Å². The second-order valence-electron chi connectivity index (χ2n) is 4.16. The quantitative estimate of drug-likeness (QED) is 0.454. The summed E-state index contributed by atoms with van der Waals surface area (Å²) < 4.78 is 0. The molecule has 0 aromatic heterocycles. The Kier molecular flexibility index (Phi) is 2.04. The second kappa shape index (κ2) is 2.92. The van der Waals surface area contributed by atoms with E-state index in [9.17, 15) is 0 Å². The number of halogens is 1. The van der Waals surface area contributed by atoms with Gasteiger partial charge in [-0.05, 0) is 37.5 Å². The Labute approximate surface area is 79.3 Å². The first-order chi connectivity index (χ1) is 5.72. The van der Waals surface area contributed by atoms with Crippen LogP contribution in [0, 0.1) is 17.8 Å². The molecule has 66 valence electrons. The molecule has 0 nitrogen and oxygen atoms in total. The minimum absolute atomic E-state index is 0.740. The molecule has 0 aromatic rings. The van der Waals surface area contributed by atoms with Crippen molar-refractivity contribution in [3.63, 3.8) is 0 Å². The lowest BCUT2D eigenvalue weighted by molar-refractivity contribution is 0.514. The summed E-state index contributed by atoms with van der Waals surface area (Å²) >= 11 is 5.84. The van der Waals surface area contributed by atoms with Crippen molar-refractivity contribution in [2.24, 2.45) is 17.8 Å². The average Bonchev–Trinajstić information content (AvgIpc) is 2.60. The van der Waals surface area contributed by atoms with Crippen molar-refractivity contribution >= 4 is 11.6 Å². The van der Waals surface area contributed by atoms with Gasteiger partial charge >= 0.3 is 0 Å². The van der Waals surface area contributed by atoms with Gasteiger partial charge in [0.25, 0.3) is 0 Å². The molecule has 1 heteroatoms. The van der Waals surface area contributed by atoms with Crippen LogP contribution in [0.1, 0.15) is 19.8 Å². The fraction of sp³-hybridized carbons (Fsp3) is 0.636. The zero-order valence-corrected chi connectivity index (χ0v) is 8.27. The molecule has 0 amide bonds. The van der Waals surface area contributed by atoms with Crippen LogP contribution in [0.5, 0.6) is 0 Å². The van der Waals surface area contributed by atoms with Gasteiger partial charge in [0.15, 0.2) is 0 Å². The van der Waals surface area contributed by atoms with Crippen molar-refractivity contribution < 1.29 is 0 Å². The van der Waals surface area contributed by atoms with Gasteiger partial charge in [0.1, 0.15) is 0 Å². The summed E-state index contributed by atoms with van der Waals surface area (Å²) in [7, 11) is 0. The maximum absolute atomic E-state index is 5.84. The summed E-state index contributed by atoms with van der Waals surface area (Å²) in [5.74, 6) is 3.04. The highest BCUT2D eigenvalue weighted by Crippen LogP contribution is 2.49. The van der Waals surface area contributed by atoms with E-state index >= 15 is 0 Å². The summed E-state index contributed by atoms with van der Waals surface area (Å²) in [5.41, 5.74) is 2.84. The van der Waals surface area contributed by atoms with Crippen LogP contribution < -0.4 is 0 Å². The highest BCUT2D eigenvalue weighted by Gasteiger charge is 2.39. The van der Waals surface area contributed by atoms with E-state index in [2.05, 4.69) is 19.6 Å². The van der Waals surface area contributed by atoms with E-state index in [1.807, 2.05) is 0 Å². The molecular weight excluding hydrogens is 168 g/mol. The Hall–Kier alpha value is -0.230. The summed E-state index contributed by atoms with van der Waals surface area (Å²) in [6.45, 7) is 6.20. The molecule has 2 bridgehead atoms. The third-order valence-electron chi connectivity index (χ3n) is 3.35. The van der Waals surface area contributed by atoms with E-state index in [1.54, 1.807) is 0 Å². The van der Waals surface area contributed by atoms with Gasteiger partial charge in [0.05, 0.1) is 0 Å². The zero-order chi connectivity index (χ0) is 8.72. The molecule has 1 fully saturated rings. The number of hydrogen-bond acceptors (Lipinski definition) is 0. The first-order valence-electron chi connectivity index (χ1n) is 4.64. The monoisotopic (exact) mass is 182 g/mol. The van der Waals surface area contributed by atoms with Gasteiger partial charge in [-0.3, -0.25) is 0 Å². The van der Waals surface area contributed by atoms with Crippen LogP contribution in [0.4, 0.5) is 0 Å². The Morgan fingerprint density at radius 2 is 2.42 bits per heavy atom. The van der Waals surface area contributed by atoms with Crippen LogP contribution >= 0.6 is 11.6 Å². The smallest absolute Gasteiger partial charge is 0.0436 e. The van der Waals surface area contributed by atoms with Gasteiger partial charge in [-0.2, -0.15) is 0 Å². The van der Waals surface area contributed by atoms with Crippen LogP contribution in [0.3, 0.4) is 0 Å². The van der Waals surface area contributed by atoms with Gasteiger partial charge in [-0.25, -0.2) is 0 Å². The largest absolute Gasteiger partial charge is 0.122 e. The molecular formula is C11H15Cl. The van der Waals surface area contributed by atoms with Crippen molar-refractivity contribution in [1.82, 2.24) is 0 Å². The molecule has 0 heterocycles. The van der Waals surface area contributed by atoms with E-state index in [-0.39, 0.29) is 0 Å². The normalized spacial score (nSPS) is 38.5. The maximum Gasteiger partial charge on any atom is 0.0436 e. The highest BCUT2D eigenvalue weighted by atomic mass is 35.5. The molecule has 2 aliphatic carbocycles. The number of hydrogen-bond donors (Lipinski definition) is 0. The van der Waals surface area contributed by atoms with Gasteiger partial charge in [0, 0.05) is 5.88 Å². The molecule has 3 atom stereocenters. The second-order valence-corrected chi connectivity index (χ2v) is 4.43. The molecule has 3 unspecified atom stereocenters. The number of allylic oxidation sites excluding steroid dienone is 3. The van der Waals surface area contributed by atoms with E-state index in [1.165, 1.54) is 24.0 Å².